The van der Waals surface area contributed by atoms with Crippen LogP contribution in [0.3, 0.4) is 0 Å². The quantitative estimate of drug-likeness (QED) is 0.388. The molecule has 1 amide bonds. The van der Waals surface area contributed by atoms with Gasteiger partial charge in [-0.1, -0.05) is 78.7 Å². The Morgan fingerprint density at radius 1 is 0.853 bits per heavy atom. The van der Waals surface area contributed by atoms with E-state index in [2.05, 4.69) is 47.0 Å². The van der Waals surface area contributed by atoms with Crippen LogP contribution in [0.15, 0.2) is 84.4 Å². The Morgan fingerprint density at radius 2 is 1.59 bits per heavy atom. The molecule has 0 saturated carbocycles. The highest BCUT2D eigenvalue weighted by Gasteiger charge is 2.25. The van der Waals surface area contributed by atoms with E-state index in [9.17, 15) is 4.79 Å². The molecule has 1 unspecified atom stereocenters. The number of amides is 1. The maximum absolute atomic E-state index is 12.5. The summed E-state index contributed by atoms with van der Waals surface area (Å²) in [6, 6.07) is 27.6. The zero-order chi connectivity index (χ0) is 22.5. The molecule has 1 heterocycles. The first-order valence-corrected chi connectivity index (χ1v) is 12.2. The minimum atomic E-state index is 0. The van der Waals surface area contributed by atoms with Gasteiger partial charge in [-0.15, -0.1) is 12.4 Å². The number of aryl methyl sites for hydroxylation is 1. The first kappa shape index (κ1) is 24.3. The topological polar surface area (TPSA) is 41.1 Å². The van der Waals surface area contributed by atoms with Crippen molar-refractivity contribution < 1.29 is 4.79 Å². The van der Waals surface area contributed by atoms with Crippen molar-refractivity contribution in [3.05, 3.63) is 101 Å². The van der Waals surface area contributed by atoms with E-state index in [-0.39, 0.29) is 18.3 Å². The average molecular weight is 473 g/mol. The molecule has 34 heavy (non-hydrogen) atoms. The molecule has 0 saturated heterocycles. The molecule has 3 aromatic carbocycles. The Balaban J connectivity index is 0.00000274. The fraction of sp³-hybridized carbons (Fsp3) is 0.300. The van der Waals surface area contributed by atoms with Gasteiger partial charge in [0.2, 0.25) is 0 Å². The third-order valence-corrected chi connectivity index (χ3v) is 7.04. The number of unbranched alkanes of at least 4 members (excludes halogenated alkanes) is 1. The van der Waals surface area contributed by atoms with Crippen molar-refractivity contribution in [2.45, 2.75) is 44.6 Å². The lowest BCUT2D eigenvalue weighted by Crippen LogP contribution is -2.36. The summed E-state index contributed by atoms with van der Waals surface area (Å²) in [7, 11) is 0. The summed E-state index contributed by atoms with van der Waals surface area (Å²) in [5.41, 5.74) is 9.21. The van der Waals surface area contributed by atoms with Crippen LogP contribution < -0.4 is 10.6 Å². The Bertz CT molecular complexity index is 1140. The molecular weight excluding hydrogens is 440 g/mol. The normalized spacial score (nSPS) is 16.8. The predicted octanol–water partition coefficient (Wildman–Crippen LogP) is 6.44. The minimum Gasteiger partial charge on any atom is -0.352 e. The lowest BCUT2D eigenvalue weighted by molar-refractivity contribution is 0.0953. The second-order valence-corrected chi connectivity index (χ2v) is 9.22. The highest BCUT2D eigenvalue weighted by molar-refractivity contribution is 5.94. The van der Waals surface area contributed by atoms with Crippen molar-refractivity contribution in [1.29, 1.82) is 0 Å². The van der Waals surface area contributed by atoms with E-state index in [1.807, 2.05) is 42.5 Å². The van der Waals surface area contributed by atoms with Gasteiger partial charge in [0.1, 0.15) is 0 Å². The summed E-state index contributed by atoms with van der Waals surface area (Å²) in [5, 5.41) is 6.83. The van der Waals surface area contributed by atoms with Crippen molar-refractivity contribution in [1.82, 2.24) is 10.6 Å². The van der Waals surface area contributed by atoms with Gasteiger partial charge in [-0.25, -0.2) is 0 Å². The fourth-order valence-electron chi connectivity index (χ4n) is 5.16. The van der Waals surface area contributed by atoms with E-state index in [4.69, 9.17) is 0 Å². The SMILES string of the molecule is Cl.O=C(NCCCCC1CC2=C(CCc3ccccc32)CN1)c1ccc(-c2ccccc2)cc1. The van der Waals surface area contributed by atoms with Gasteiger partial charge in [-0.2, -0.15) is 0 Å². The molecule has 3 aromatic rings. The predicted molar refractivity (Wildman–Crippen MR) is 143 cm³/mol. The minimum absolute atomic E-state index is 0. The number of fused-ring (bicyclic) bond motifs is 2. The zero-order valence-electron chi connectivity index (χ0n) is 19.6. The van der Waals surface area contributed by atoms with Crippen LogP contribution in [0.2, 0.25) is 0 Å². The fourth-order valence-corrected chi connectivity index (χ4v) is 5.16. The summed E-state index contributed by atoms with van der Waals surface area (Å²) < 4.78 is 0. The molecule has 176 valence electrons. The van der Waals surface area contributed by atoms with Gasteiger partial charge in [-0.3, -0.25) is 4.79 Å². The first-order chi connectivity index (χ1) is 16.3. The van der Waals surface area contributed by atoms with Gasteiger partial charge in [0.05, 0.1) is 0 Å². The molecule has 0 spiro atoms. The molecule has 1 aliphatic heterocycles. The number of carbonyl (C=O) groups excluding carboxylic acids is 1. The molecule has 0 radical (unpaired) electrons. The smallest absolute Gasteiger partial charge is 0.251 e. The molecular formula is C30H33ClN2O. The second-order valence-electron chi connectivity index (χ2n) is 9.22. The zero-order valence-corrected chi connectivity index (χ0v) is 20.4. The Labute approximate surface area is 209 Å². The molecule has 2 aliphatic rings. The Kier molecular flexibility index (Phi) is 8.21. The van der Waals surface area contributed by atoms with Crippen molar-refractivity contribution in [2.24, 2.45) is 0 Å². The molecule has 2 N–H and O–H groups in total. The van der Waals surface area contributed by atoms with Crippen molar-refractivity contribution in [3.63, 3.8) is 0 Å². The summed E-state index contributed by atoms with van der Waals surface area (Å²) in [5.74, 6) is 0.0130. The van der Waals surface area contributed by atoms with Crippen molar-refractivity contribution in [2.75, 3.05) is 13.1 Å². The first-order valence-electron chi connectivity index (χ1n) is 12.2. The van der Waals surface area contributed by atoms with E-state index in [0.717, 1.165) is 49.9 Å². The van der Waals surface area contributed by atoms with Gasteiger partial charge in [0.15, 0.2) is 0 Å². The van der Waals surface area contributed by atoms with E-state index >= 15 is 0 Å². The maximum atomic E-state index is 12.5. The Morgan fingerprint density at radius 3 is 2.41 bits per heavy atom. The summed E-state index contributed by atoms with van der Waals surface area (Å²) >= 11 is 0. The molecule has 0 aromatic heterocycles. The third-order valence-electron chi connectivity index (χ3n) is 7.04. The van der Waals surface area contributed by atoms with E-state index in [0.29, 0.717) is 6.04 Å². The summed E-state index contributed by atoms with van der Waals surface area (Å²) in [4.78, 5) is 12.5. The van der Waals surface area contributed by atoms with Crippen LogP contribution in [-0.4, -0.2) is 25.0 Å². The van der Waals surface area contributed by atoms with Crippen LogP contribution in [0.4, 0.5) is 0 Å². The molecule has 3 nitrogen and oxygen atoms in total. The highest BCUT2D eigenvalue weighted by atomic mass is 35.5. The van der Waals surface area contributed by atoms with Crippen molar-refractivity contribution >= 4 is 23.9 Å². The number of carbonyl (C=O) groups is 1. The third kappa shape index (κ3) is 5.60. The van der Waals surface area contributed by atoms with E-state index < -0.39 is 0 Å². The lowest BCUT2D eigenvalue weighted by atomic mass is 9.80. The number of benzene rings is 3. The number of nitrogens with one attached hydrogen (secondary N) is 2. The molecule has 5 rings (SSSR count). The molecule has 4 heteroatoms. The van der Waals surface area contributed by atoms with Gasteiger partial charge in [0, 0.05) is 24.7 Å². The monoisotopic (exact) mass is 472 g/mol. The van der Waals surface area contributed by atoms with Gasteiger partial charge >= 0.3 is 0 Å². The van der Waals surface area contributed by atoms with Crippen LogP contribution in [0.1, 0.15) is 53.6 Å². The van der Waals surface area contributed by atoms with Gasteiger partial charge in [0.25, 0.3) is 5.91 Å². The number of rotatable bonds is 7. The van der Waals surface area contributed by atoms with E-state index in [1.165, 1.54) is 29.5 Å². The summed E-state index contributed by atoms with van der Waals surface area (Å²) in [6.45, 7) is 1.76. The molecule has 0 bridgehead atoms. The van der Waals surface area contributed by atoms with Crippen LogP contribution in [-0.2, 0) is 6.42 Å². The average Bonchev–Trinajstić information content (AvgIpc) is 2.89. The number of hydrogen-bond donors (Lipinski definition) is 2. The summed E-state index contributed by atoms with van der Waals surface area (Å²) in [6.07, 6.45) is 6.79. The second kappa shape index (κ2) is 11.5. The maximum Gasteiger partial charge on any atom is 0.251 e. The van der Waals surface area contributed by atoms with Crippen LogP contribution in [0.25, 0.3) is 16.7 Å². The largest absolute Gasteiger partial charge is 0.352 e. The molecule has 1 aliphatic carbocycles. The number of halogens is 1. The Hall–Kier alpha value is -2.88. The standard InChI is InChI=1S/C30H32N2O.ClH/c33-30(25-16-13-23(14-17-25)22-8-2-1-3-9-22)31-19-7-6-11-27-20-29-26(21-32-27)18-15-24-10-4-5-12-28(24)29;/h1-5,8-10,12-14,16-17,27,32H,6-7,11,15,18-21H2,(H,31,33);1H. The van der Waals surface area contributed by atoms with Crippen LogP contribution in [0, 0.1) is 0 Å². The number of hydrogen-bond acceptors (Lipinski definition) is 2. The van der Waals surface area contributed by atoms with Crippen LogP contribution >= 0.6 is 12.4 Å². The van der Waals surface area contributed by atoms with Crippen LogP contribution in [0.5, 0.6) is 0 Å². The van der Waals surface area contributed by atoms with Crippen molar-refractivity contribution in [3.8, 4) is 11.1 Å². The van der Waals surface area contributed by atoms with Gasteiger partial charge in [-0.05, 0) is 72.1 Å². The lowest BCUT2D eigenvalue weighted by Gasteiger charge is -2.33. The molecule has 1 atom stereocenters. The van der Waals surface area contributed by atoms with E-state index in [1.54, 1.807) is 11.1 Å². The van der Waals surface area contributed by atoms with Gasteiger partial charge < -0.3 is 10.6 Å². The highest BCUT2D eigenvalue weighted by Crippen LogP contribution is 2.36. The molecule has 0 fully saturated rings.